The average molecular weight is 276 g/mol. The molecule has 0 bridgehead atoms. The summed E-state index contributed by atoms with van der Waals surface area (Å²) in [6, 6.07) is 7.29. The lowest BCUT2D eigenvalue weighted by atomic mass is 10.1. The van der Waals surface area contributed by atoms with E-state index < -0.39 is 6.04 Å². The van der Waals surface area contributed by atoms with E-state index in [4.69, 9.17) is 15.2 Å². The molecule has 1 unspecified atom stereocenters. The Hall–Kier alpha value is -1.85. The number of esters is 1. The molecule has 0 aliphatic rings. The van der Waals surface area contributed by atoms with Gasteiger partial charge >= 0.3 is 5.97 Å². The molecular formula is C15H20N2O3. The fraction of sp³-hybridized carbons (Fsp3) is 0.400. The summed E-state index contributed by atoms with van der Waals surface area (Å²) in [4.78, 5) is 14.9. The van der Waals surface area contributed by atoms with Crippen molar-refractivity contribution in [2.24, 2.45) is 5.73 Å². The van der Waals surface area contributed by atoms with Crippen LogP contribution in [0.1, 0.15) is 12.0 Å². The van der Waals surface area contributed by atoms with Gasteiger partial charge in [-0.15, -0.1) is 0 Å². The third-order valence-electron chi connectivity index (χ3n) is 3.15. The monoisotopic (exact) mass is 276 g/mol. The zero-order valence-corrected chi connectivity index (χ0v) is 11.6. The van der Waals surface area contributed by atoms with Crippen LogP contribution < -0.4 is 5.73 Å². The molecule has 0 amide bonds. The first-order chi connectivity index (χ1) is 9.72. The van der Waals surface area contributed by atoms with Crippen LogP contribution in [0, 0.1) is 0 Å². The molecular weight excluding hydrogens is 256 g/mol. The zero-order chi connectivity index (χ0) is 14.4. The van der Waals surface area contributed by atoms with Crippen LogP contribution in [0.3, 0.4) is 0 Å². The number of carbonyl (C=O) groups excluding carboxylic acids is 1. The Morgan fingerprint density at radius 1 is 1.35 bits per heavy atom. The van der Waals surface area contributed by atoms with Gasteiger partial charge < -0.3 is 20.2 Å². The number of fused-ring (bicyclic) bond motifs is 1. The Balaban J connectivity index is 1.90. The van der Waals surface area contributed by atoms with Crippen LogP contribution in [0.5, 0.6) is 0 Å². The Morgan fingerprint density at radius 2 is 2.15 bits per heavy atom. The highest BCUT2D eigenvalue weighted by Crippen LogP contribution is 2.18. The van der Waals surface area contributed by atoms with Crippen LogP contribution in [0.15, 0.2) is 30.5 Å². The molecule has 2 rings (SSSR count). The molecule has 0 spiro atoms. The van der Waals surface area contributed by atoms with Crippen molar-refractivity contribution < 1.29 is 14.3 Å². The van der Waals surface area contributed by atoms with Crippen LogP contribution in [0.2, 0.25) is 0 Å². The molecule has 1 aromatic carbocycles. The van der Waals surface area contributed by atoms with E-state index in [-0.39, 0.29) is 5.97 Å². The number of benzene rings is 1. The third-order valence-corrected chi connectivity index (χ3v) is 3.15. The summed E-state index contributed by atoms with van der Waals surface area (Å²) in [5.74, 6) is -0.369. The molecule has 1 aromatic heterocycles. The standard InChI is InChI=1S/C15H20N2O3/c1-19-7-4-8-20-15(18)13(16)9-11-10-17-14-6-3-2-5-12(11)14/h2-3,5-6,10,13,17H,4,7-9,16H2,1H3. The van der Waals surface area contributed by atoms with Gasteiger partial charge in [0.2, 0.25) is 0 Å². The van der Waals surface area contributed by atoms with Crippen molar-refractivity contribution in [3.63, 3.8) is 0 Å². The molecule has 5 nitrogen and oxygen atoms in total. The summed E-state index contributed by atoms with van der Waals surface area (Å²) >= 11 is 0. The minimum absolute atomic E-state index is 0.342. The molecule has 3 N–H and O–H groups in total. The molecule has 1 heterocycles. The van der Waals surface area contributed by atoms with Gasteiger partial charge in [0.15, 0.2) is 0 Å². The van der Waals surface area contributed by atoms with E-state index in [1.54, 1.807) is 7.11 Å². The van der Waals surface area contributed by atoms with Crippen molar-refractivity contribution in [1.82, 2.24) is 4.98 Å². The molecule has 0 aliphatic heterocycles. The fourth-order valence-electron chi connectivity index (χ4n) is 2.10. The highest BCUT2D eigenvalue weighted by atomic mass is 16.5. The minimum Gasteiger partial charge on any atom is -0.464 e. The van der Waals surface area contributed by atoms with Gasteiger partial charge in [-0.25, -0.2) is 0 Å². The van der Waals surface area contributed by atoms with Crippen molar-refractivity contribution in [3.8, 4) is 0 Å². The van der Waals surface area contributed by atoms with Crippen molar-refractivity contribution in [3.05, 3.63) is 36.0 Å². The summed E-state index contributed by atoms with van der Waals surface area (Å²) in [7, 11) is 1.62. The van der Waals surface area contributed by atoms with Gasteiger partial charge in [0, 0.05) is 43.7 Å². The zero-order valence-electron chi connectivity index (χ0n) is 11.6. The Labute approximate surface area is 118 Å². The SMILES string of the molecule is COCCCOC(=O)C(N)Cc1c[nH]c2ccccc12. The van der Waals surface area contributed by atoms with E-state index >= 15 is 0 Å². The predicted octanol–water partition coefficient (Wildman–Crippen LogP) is 1.62. The first-order valence-electron chi connectivity index (χ1n) is 6.68. The first kappa shape index (κ1) is 14.6. The smallest absolute Gasteiger partial charge is 0.323 e. The highest BCUT2D eigenvalue weighted by Gasteiger charge is 2.17. The second-order valence-corrected chi connectivity index (χ2v) is 4.68. The summed E-state index contributed by atoms with van der Waals surface area (Å²) in [5.41, 5.74) is 7.97. The van der Waals surface area contributed by atoms with Crippen molar-refractivity contribution in [2.75, 3.05) is 20.3 Å². The normalized spacial score (nSPS) is 12.5. The highest BCUT2D eigenvalue weighted by molar-refractivity contribution is 5.84. The van der Waals surface area contributed by atoms with Gasteiger partial charge in [-0.2, -0.15) is 0 Å². The van der Waals surface area contributed by atoms with E-state index in [1.165, 1.54) is 0 Å². The molecule has 0 saturated carbocycles. The average Bonchev–Trinajstić information content (AvgIpc) is 2.87. The van der Waals surface area contributed by atoms with Crippen LogP contribution in [-0.4, -0.2) is 37.3 Å². The maximum Gasteiger partial charge on any atom is 0.323 e. The van der Waals surface area contributed by atoms with Gasteiger partial charge in [-0.3, -0.25) is 4.79 Å². The lowest BCUT2D eigenvalue weighted by Gasteiger charge is -2.11. The second kappa shape index (κ2) is 7.07. The number of hydrogen-bond acceptors (Lipinski definition) is 4. The minimum atomic E-state index is -0.642. The third kappa shape index (κ3) is 3.59. The number of nitrogens with two attached hydrogens (primary N) is 1. The van der Waals surface area contributed by atoms with E-state index in [0.29, 0.717) is 26.1 Å². The predicted molar refractivity (Wildman–Crippen MR) is 77.4 cm³/mol. The van der Waals surface area contributed by atoms with Crippen molar-refractivity contribution in [1.29, 1.82) is 0 Å². The molecule has 1 atom stereocenters. The van der Waals surface area contributed by atoms with Crippen LogP contribution in [0.4, 0.5) is 0 Å². The number of para-hydroxylation sites is 1. The van der Waals surface area contributed by atoms with Crippen LogP contribution in [-0.2, 0) is 20.7 Å². The number of H-pyrrole nitrogens is 1. The quantitative estimate of drug-likeness (QED) is 0.595. The van der Waals surface area contributed by atoms with Crippen LogP contribution in [0.25, 0.3) is 10.9 Å². The van der Waals surface area contributed by atoms with E-state index in [2.05, 4.69) is 4.98 Å². The number of nitrogens with one attached hydrogen (secondary N) is 1. The van der Waals surface area contributed by atoms with E-state index in [1.807, 2.05) is 30.5 Å². The summed E-state index contributed by atoms with van der Waals surface area (Å²) in [6.07, 6.45) is 3.04. The number of ether oxygens (including phenoxy) is 2. The number of aromatic amines is 1. The van der Waals surface area contributed by atoms with Gasteiger partial charge in [-0.1, -0.05) is 18.2 Å². The Kier molecular flexibility index (Phi) is 5.15. The largest absolute Gasteiger partial charge is 0.464 e. The molecule has 0 aliphatic carbocycles. The van der Waals surface area contributed by atoms with Gasteiger partial charge in [0.05, 0.1) is 6.61 Å². The molecule has 0 saturated heterocycles. The maximum atomic E-state index is 11.8. The maximum absolute atomic E-state index is 11.8. The van der Waals surface area contributed by atoms with Gasteiger partial charge in [0.25, 0.3) is 0 Å². The lowest BCUT2D eigenvalue weighted by Crippen LogP contribution is -2.34. The Morgan fingerprint density at radius 3 is 2.95 bits per heavy atom. The number of hydrogen-bond donors (Lipinski definition) is 2. The fourth-order valence-corrected chi connectivity index (χ4v) is 2.10. The lowest BCUT2D eigenvalue weighted by molar-refractivity contribution is -0.145. The summed E-state index contributed by atoms with van der Waals surface area (Å²) in [6.45, 7) is 0.916. The van der Waals surface area contributed by atoms with Crippen LogP contribution >= 0.6 is 0 Å². The topological polar surface area (TPSA) is 77.3 Å². The molecule has 5 heteroatoms. The van der Waals surface area contributed by atoms with Crippen molar-refractivity contribution >= 4 is 16.9 Å². The molecule has 108 valence electrons. The number of rotatable bonds is 7. The summed E-state index contributed by atoms with van der Waals surface area (Å²) in [5, 5.41) is 1.09. The number of carbonyl (C=O) groups is 1. The number of aromatic nitrogens is 1. The first-order valence-corrected chi connectivity index (χ1v) is 6.68. The number of methoxy groups -OCH3 is 1. The molecule has 0 radical (unpaired) electrons. The molecule has 0 fully saturated rings. The summed E-state index contributed by atoms with van der Waals surface area (Å²) < 4.78 is 10.0. The molecule has 2 aromatic rings. The van der Waals surface area contributed by atoms with E-state index in [9.17, 15) is 4.79 Å². The van der Waals surface area contributed by atoms with Gasteiger partial charge in [-0.05, 0) is 11.6 Å². The van der Waals surface area contributed by atoms with Crippen molar-refractivity contribution in [2.45, 2.75) is 18.9 Å². The second-order valence-electron chi connectivity index (χ2n) is 4.68. The Bertz CT molecular complexity index is 565. The van der Waals surface area contributed by atoms with Gasteiger partial charge in [0.1, 0.15) is 6.04 Å². The van der Waals surface area contributed by atoms with E-state index in [0.717, 1.165) is 16.5 Å². The molecule has 20 heavy (non-hydrogen) atoms.